The van der Waals surface area contributed by atoms with Gasteiger partial charge in [0.1, 0.15) is 5.75 Å². The lowest BCUT2D eigenvalue weighted by Gasteiger charge is -2.18. The van der Waals surface area contributed by atoms with Crippen molar-refractivity contribution in [2.75, 3.05) is 6.61 Å². The van der Waals surface area contributed by atoms with Crippen LogP contribution in [-0.4, -0.2) is 17.8 Å². The van der Waals surface area contributed by atoms with Gasteiger partial charge in [-0.05, 0) is 35.2 Å². The van der Waals surface area contributed by atoms with Crippen molar-refractivity contribution in [3.8, 4) is 11.8 Å². The summed E-state index contributed by atoms with van der Waals surface area (Å²) in [4.78, 5) is 0. The quantitative estimate of drug-likeness (QED) is 0.769. The first kappa shape index (κ1) is 16.5. The molecule has 0 heterocycles. The molecule has 2 atom stereocenters. The van der Waals surface area contributed by atoms with E-state index >= 15 is 0 Å². The molecule has 0 amide bonds. The summed E-state index contributed by atoms with van der Waals surface area (Å²) >= 11 is 0. The van der Waals surface area contributed by atoms with Gasteiger partial charge < -0.3 is 15.2 Å². The van der Waals surface area contributed by atoms with Crippen molar-refractivity contribution >= 4 is 0 Å². The molecule has 1 aliphatic carbocycles. The van der Waals surface area contributed by atoms with Gasteiger partial charge in [-0.2, -0.15) is 5.26 Å². The number of nitrogens with one attached hydrogen (secondary N) is 1. The van der Waals surface area contributed by atoms with Crippen LogP contribution < -0.4 is 10.1 Å². The molecule has 2 aromatic rings. The maximum Gasteiger partial charge on any atom is 0.119 e. The number of nitrogens with zero attached hydrogens (tertiary/aromatic N) is 1. The molecule has 0 aromatic heterocycles. The van der Waals surface area contributed by atoms with E-state index in [9.17, 15) is 5.11 Å². The number of unbranched alkanes of at least 4 members (excludes halogenated alkanes) is 1. The van der Waals surface area contributed by atoms with E-state index in [1.165, 1.54) is 11.1 Å². The van der Waals surface area contributed by atoms with Crippen LogP contribution in [0.25, 0.3) is 0 Å². The van der Waals surface area contributed by atoms with Gasteiger partial charge in [0, 0.05) is 19.4 Å². The Bertz CT molecular complexity index is 724. The predicted molar refractivity (Wildman–Crippen MR) is 92.5 cm³/mol. The Balaban J connectivity index is 1.58. The van der Waals surface area contributed by atoms with Crippen molar-refractivity contribution in [3.05, 3.63) is 65.2 Å². The zero-order chi connectivity index (χ0) is 16.8. The second-order valence-electron chi connectivity index (χ2n) is 6.09. The van der Waals surface area contributed by atoms with Crippen LogP contribution in [0, 0.1) is 11.3 Å². The number of ether oxygens (including phenoxy) is 1. The molecule has 0 fully saturated rings. The fourth-order valence-corrected chi connectivity index (χ4v) is 3.13. The average Bonchev–Trinajstić information content (AvgIpc) is 2.92. The minimum atomic E-state index is -0.382. The van der Waals surface area contributed by atoms with Crippen molar-refractivity contribution in [1.29, 1.82) is 5.26 Å². The lowest BCUT2D eigenvalue weighted by molar-refractivity contribution is 0.140. The van der Waals surface area contributed by atoms with E-state index < -0.39 is 0 Å². The molecule has 2 aromatic carbocycles. The molecule has 0 saturated carbocycles. The second kappa shape index (κ2) is 7.96. The minimum absolute atomic E-state index is 0.0265. The Morgan fingerprint density at radius 3 is 2.96 bits per heavy atom. The number of benzene rings is 2. The van der Waals surface area contributed by atoms with E-state index in [-0.39, 0.29) is 12.1 Å². The number of rotatable bonds is 7. The topological polar surface area (TPSA) is 65.3 Å². The van der Waals surface area contributed by atoms with Gasteiger partial charge in [0.15, 0.2) is 0 Å². The molecule has 1 aliphatic rings. The summed E-state index contributed by atoms with van der Waals surface area (Å²) in [6, 6.07) is 18.2. The van der Waals surface area contributed by atoms with Crippen LogP contribution in [0.15, 0.2) is 48.5 Å². The molecule has 0 spiro atoms. The van der Waals surface area contributed by atoms with Crippen molar-refractivity contribution < 1.29 is 9.84 Å². The summed E-state index contributed by atoms with van der Waals surface area (Å²) in [7, 11) is 0. The number of aliphatic hydroxyl groups is 1. The second-order valence-corrected chi connectivity index (χ2v) is 6.09. The van der Waals surface area contributed by atoms with Crippen LogP contribution in [0.3, 0.4) is 0 Å². The molecule has 0 aliphatic heterocycles. The van der Waals surface area contributed by atoms with Gasteiger partial charge >= 0.3 is 0 Å². The molecule has 3 rings (SSSR count). The van der Waals surface area contributed by atoms with Crippen LogP contribution in [0.5, 0.6) is 5.75 Å². The summed E-state index contributed by atoms with van der Waals surface area (Å²) in [5, 5.41) is 22.3. The SMILES string of the molecule is N#CCCCOc1cccc(CN[C@H]2c3ccccc3C[C@H]2O)c1. The highest BCUT2D eigenvalue weighted by Crippen LogP contribution is 2.31. The summed E-state index contributed by atoms with van der Waals surface area (Å²) < 4.78 is 5.67. The Morgan fingerprint density at radius 1 is 1.21 bits per heavy atom. The van der Waals surface area contributed by atoms with Crippen molar-refractivity contribution in [1.82, 2.24) is 5.32 Å². The summed E-state index contributed by atoms with van der Waals surface area (Å²) in [6.45, 7) is 1.23. The standard InChI is InChI=1S/C20H22N2O2/c21-10-3-4-11-24-17-8-5-6-15(12-17)14-22-20-18-9-2-1-7-16(18)13-19(20)23/h1-2,5-9,12,19-20,22-23H,3-4,11,13-14H2/t19-,20+/m1/s1. The maximum absolute atomic E-state index is 10.3. The first-order valence-corrected chi connectivity index (χ1v) is 8.36. The molecule has 2 N–H and O–H groups in total. The Morgan fingerprint density at radius 2 is 2.08 bits per heavy atom. The largest absolute Gasteiger partial charge is 0.494 e. The maximum atomic E-state index is 10.3. The lowest BCUT2D eigenvalue weighted by atomic mass is 10.1. The van der Waals surface area contributed by atoms with E-state index in [1.54, 1.807) is 0 Å². The zero-order valence-electron chi connectivity index (χ0n) is 13.6. The molecule has 0 bridgehead atoms. The van der Waals surface area contributed by atoms with Crippen LogP contribution >= 0.6 is 0 Å². The molecule has 124 valence electrons. The van der Waals surface area contributed by atoms with Crippen LogP contribution in [-0.2, 0) is 13.0 Å². The Kier molecular flexibility index (Phi) is 5.47. The van der Waals surface area contributed by atoms with Gasteiger partial charge in [0.05, 0.1) is 24.8 Å². The van der Waals surface area contributed by atoms with E-state index in [0.717, 1.165) is 17.7 Å². The van der Waals surface area contributed by atoms with Crippen LogP contribution in [0.2, 0.25) is 0 Å². The molecule has 4 nitrogen and oxygen atoms in total. The number of fused-ring (bicyclic) bond motifs is 1. The Hall–Kier alpha value is -2.35. The third-order valence-electron chi connectivity index (χ3n) is 4.33. The van der Waals surface area contributed by atoms with Crippen molar-refractivity contribution in [2.24, 2.45) is 0 Å². The molecule has 0 radical (unpaired) electrons. The Labute approximate surface area is 142 Å². The number of hydrogen-bond acceptors (Lipinski definition) is 4. The predicted octanol–water partition coefficient (Wildman–Crippen LogP) is 3.12. The highest BCUT2D eigenvalue weighted by Gasteiger charge is 2.29. The molecule has 4 heteroatoms. The molecule has 0 unspecified atom stereocenters. The van der Waals surface area contributed by atoms with Gasteiger partial charge in [0.2, 0.25) is 0 Å². The molecule has 0 saturated heterocycles. The fraction of sp³-hybridized carbons (Fsp3) is 0.350. The van der Waals surface area contributed by atoms with Crippen LogP contribution in [0.1, 0.15) is 35.6 Å². The van der Waals surface area contributed by atoms with Crippen molar-refractivity contribution in [2.45, 2.75) is 38.0 Å². The number of aliphatic hydroxyl groups excluding tert-OH is 1. The first-order valence-electron chi connectivity index (χ1n) is 8.36. The number of hydrogen-bond donors (Lipinski definition) is 2. The third kappa shape index (κ3) is 3.94. The van der Waals surface area contributed by atoms with E-state index in [2.05, 4.69) is 23.5 Å². The average molecular weight is 322 g/mol. The monoisotopic (exact) mass is 322 g/mol. The number of nitriles is 1. The fourth-order valence-electron chi connectivity index (χ4n) is 3.13. The third-order valence-corrected chi connectivity index (χ3v) is 4.33. The highest BCUT2D eigenvalue weighted by molar-refractivity contribution is 5.36. The van der Waals surface area contributed by atoms with Gasteiger partial charge in [0.25, 0.3) is 0 Å². The van der Waals surface area contributed by atoms with Gasteiger partial charge in [-0.3, -0.25) is 0 Å². The lowest BCUT2D eigenvalue weighted by Crippen LogP contribution is -2.28. The first-order chi connectivity index (χ1) is 11.8. The van der Waals surface area contributed by atoms with Gasteiger partial charge in [-0.25, -0.2) is 0 Å². The van der Waals surface area contributed by atoms with Crippen molar-refractivity contribution in [3.63, 3.8) is 0 Å². The summed E-state index contributed by atoms with van der Waals surface area (Å²) in [5.74, 6) is 0.819. The summed E-state index contributed by atoms with van der Waals surface area (Å²) in [6.07, 6.45) is 1.58. The molecular weight excluding hydrogens is 300 g/mol. The minimum Gasteiger partial charge on any atom is -0.494 e. The van der Waals surface area contributed by atoms with E-state index in [4.69, 9.17) is 10.00 Å². The molecule has 24 heavy (non-hydrogen) atoms. The van der Waals surface area contributed by atoms with Gasteiger partial charge in [-0.1, -0.05) is 36.4 Å². The van der Waals surface area contributed by atoms with E-state index in [0.29, 0.717) is 26.0 Å². The molecular formula is C20H22N2O2. The highest BCUT2D eigenvalue weighted by atomic mass is 16.5. The normalized spacial score (nSPS) is 18.8. The summed E-state index contributed by atoms with van der Waals surface area (Å²) in [5.41, 5.74) is 3.52. The van der Waals surface area contributed by atoms with E-state index in [1.807, 2.05) is 36.4 Å². The van der Waals surface area contributed by atoms with Crippen LogP contribution in [0.4, 0.5) is 0 Å². The zero-order valence-corrected chi connectivity index (χ0v) is 13.6. The smallest absolute Gasteiger partial charge is 0.119 e. The van der Waals surface area contributed by atoms with Gasteiger partial charge in [-0.15, -0.1) is 0 Å².